The molecule has 1 rings (SSSR count). The number of hydrogen-bond acceptors (Lipinski definition) is 1. The van der Waals surface area contributed by atoms with Gasteiger partial charge in [-0.25, -0.2) is 0 Å². The summed E-state index contributed by atoms with van der Waals surface area (Å²) in [5.74, 6) is 0.702. The largest absolute Gasteiger partial charge is 0.374 e. The second-order valence-corrected chi connectivity index (χ2v) is 4.59. The van der Waals surface area contributed by atoms with E-state index < -0.39 is 0 Å². The molecule has 1 aliphatic carbocycles. The maximum atomic E-state index is 2.59. The summed E-state index contributed by atoms with van der Waals surface area (Å²) < 4.78 is 0. The molecule has 1 heteroatoms. The molecule has 86 valence electrons. The maximum absolute atomic E-state index is 2.59. The predicted molar refractivity (Wildman–Crippen MR) is 67.8 cm³/mol. The molecule has 0 radical (unpaired) electrons. The second kappa shape index (κ2) is 5.99. The van der Waals surface area contributed by atoms with Gasteiger partial charge < -0.3 is 4.90 Å². The van der Waals surface area contributed by atoms with Crippen molar-refractivity contribution in [3.8, 4) is 0 Å². The van der Waals surface area contributed by atoms with Crippen LogP contribution in [0.1, 0.15) is 47.0 Å². The zero-order valence-corrected chi connectivity index (χ0v) is 10.7. The van der Waals surface area contributed by atoms with E-state index in [0.717, 1.165) is 0 Å². The second-order valence-electron chi connectivity index (χ2n) is 4.59. The average molecular weight is 207 g/mol. The summed E-state index contributed by atoms with van der Waals surface area (Å²) in [5, 5.41) is 0. The van der Waals surface area contributed by atoms with Crippen LogP contribution in [0.15, 0.2) is 23.4 Å². The van der Waals surface area contributed by atoms with Crippen molar-refractivity contribution in [2.24, 2.45) is 5.92 Å². The fourth-order valence-corrected chi connectivity index (χ4v) is 2.49. The Balaban J connectivity index is 2.83. The van der Waals surface area contributed by atoms with Crippen molar-refractivity contribution < 1.29 is 0 Å². The van der Waals surface area contributed by atoms with E-state index in [0.29, 0.717) is 5.92 Å². The number of nitrogens with zero attached hydrogens (tertiary/aromatic N) is 1. The molecule has 0 aromatic heterocycles. The lowest BCUT2D eigenvalue weighted by Crippen LogP contribution is -2.30. The van der Waals surface area contributed by atoms with Gasteiger partial charge >= 0.3 is 0 Å². The Kier molecular flexibility index (Phi) is 4.93. The Bertz CT molecular complexity index is 244. The normalized spacial score (nSPS) is 20.9. The Morgan fingerprint density at radius 2 is 1.87 bits per heavy atom. The Morgan fingerprint density at radius 1 is 1.27 bits per heavy atom. The summed E-state index contributed by atoms with van der Waals surface area (Å²) in [4.78, 5) is 2.59. The van der Waals surface area contributed by atoms with Gasteiger partial charge in [0.25, 0.3) is 0 Å². The van der Waals surface area contributed by atoms with Crippen LogP contribution in [0, 0.1) is 5.92 Å². The van der Waals surface area contributed by atoms with E-state index in [9.17, 15) is 0 Å². The molecule has 0 heterocycles. The van der Waals surface area contributed by atoms with Crippen molar-refractivity contribution in [2.75, 3.05) is 13.1 Å². The fourth-order valence-electron chi connectivity index (χ4n) is 2.49. The molecule has 0 amide bonds. The SMILES string of the molecule is CCCN(CCC)C1=C(C)C=CCC1C. The number of allylic oxidation sites excluding steroid dienone is 4. The molecule has 0 saturated carbocycles. The van der Waals surface area contributed by atoms with E-state index >= 15 is 0 Å². The van der Waals surface area contributed by atoms with E-state index in [1.165, 1.54) is 37.9 Å². The zero-order valence-electron chi connectivity index (χ0n) is 10.7. The Morgan fingerprint density at radius 3 is 2.33 bits per heavy atom. The first-order valence-electron chi connectivity index (χ1n) is 6.32. The standard InChI is InChI=1S/C14H25N/c1-5-10-15(11-6-2)14-12(3)8-7-9-13(14)4/h7-8,13H,5-6,9-11H2,1-4H3. The highest BCUT2D eigenvalue weighted by Crippen LogP contribution is 2.28. The van der Waals surface area contributed by atoms with Gasteiger partial charge in [0, 0.05) is 18.8 Å². The first kappa shape index (κ1) is 12.4. The van der Waals surface area contributed by atoms with Gasteiger partial charge in [0.1, 0.15) is 0 Å². The van der Waals surface area contributed by atoms with Crippen molar-refractivity contribution in [3.05, 3.63) is 23.4 Å². The third-order valence-corrected chi connectivity index (χ3v) is 3.06. The molecule has 0 aromatic carbocycles. The molecular formula is C14H25N. The summed E-state index contributed by atoms with van der Waals surface area (Å²) in [7, 11) is 0. The lowest BCUT2D eigenvalue weighted by Gasteiger charge is -2.33. The van der Waals surface area contributed by atoms with E-state index in [1.54, 1.807) is 5.70 Å². The number of rotatable bonds is 5. The third-order valence-electron chi connectivity index (χ3n) is 3.06. The van der Waals surface area contributed by atoms with Crippen molar-refractivity contribution in [3.63, 3.8) is 0 Å². The van der Waals surface area contributed by atoms with Crippen molar-refractivity contribution in [2.45, 2.75) is 47.0 Å². The van der Waals surface area contributed by atoms with Crippen molar-refractivity contribution in [1.29, 1.82) is 0 Å². The maximum Gasteiger partial charge on any atom is 0.0194 e. The van der Waals surface area contributed by atoms with Crippen LogP contribution in [-0.2, 0) is 0 Å². The van der Waals surface area contributed by atoms with Crippen LogP contribution < -0.4 is 0 Å². The smallest absolute Gasteiger partial charge is 0.0194 e. The first-order chi connectivity index (χ1) is 7.20. The topological polar surface area (TPSA) is 3.24 Å². The first-order valence-corrected chi connectivity index (χ1v) is 6.32. The van der Waals surface area contributed by atoms with Crippen LogP contribution in [0.25, 0.3) is 0 Å². The van der Waals surface area contributed by atoms with Crippen LogP contribution in [0.5, 0.6) is 0 Å². The molecule has 0 aromatic rings. The molecule has 1 atom stereocenters. The molecule has 0 fully saturated rings. The highest BCUT2D eigenvalue weighted by Gasteiger charge is 2.18. The van der Waals surface area contributed by atoms with E-state index in [2.05, 4.69) is 44.7 Å². The third kappa shape index (κ3) is 3.12. The molecule has 1 nitrogen and oxygen atoms in total. The number of hydrogen-bond donors (Lipinski definition) is 0. The molecule has 1 unspecified atom stereocenters. The van der Waals surface area contributed by atoms with Gasteiger partial charge in [-0.05, 0) is 37.7 Å². The molecule has 0 bridgehead atoms. The minimum atomic E-state index is 0.702. The van der Waals surface area contributed by atoms with E-state index in [-0.39, 0.29) is 0 Å². The Labute approximate surface area is 94.9 Å². The highest BCUT2D eigenvalue weighted by atomic mass is 15.1. The van der Waals surface area contributed by atoms with Gasteiger partial charge in [-0.2, -0.15) is 0 Å². The van der Waals surface area contributed by atoms with Gasteiger partial charge in [-0.1, -0.05) is 32.9 Å². The van der Waals surface area contributed by atoms with E-state index in [4.69, 9.17) is 0 Å². The van der Waals surface area contributed by atoms with Gasteiger partial charge in [0.05, 0.1) is 0 Å². The summed E-state index contributed by atoms with van der Waals surface area (Å²) in [6.07, 6.45) is 8.28. The molecule has 0 aliphatic heterocycles. The monoisotopic (exact) mass is 207 g/mol. The fraction of sp³-hybridized carbons (Fsp3) is 0.714. The van der Waals surface area contributed by atoms with Crippen LogP contribution >= 0.6 is 0 Å². The molecule has 0 saturated heterocycles. The average Bonchev–Trinajstić information content (AvgIpc) is 2.18. The highest BCUT2D eigenvalue weighted by molar-refractivity contribution is 5.28. The van der Waals surface area contributed by atoms with Crippen LogP contribution in [0.2, 0.25) is 0 Å². The predicted octanol–water partition coefficient (Wildman–Crippen LogP) is 3.98. The minimum Gasteiger partial charge on any atom is -0.374 e. The van der Waals surface area contributed by atoms with Gasteiger partial charge in [-0.3, -0.25) is 0 Å². The van der Waals surface area contributed by atoms with Crippen molar-refractivity contribution in [1.82, 2.24) is 4.90 Å². The quantitative estimate of drug-likeness (QED) is 0.659. The van der Waals surface area contributed by atoms with E-state index in [1.807, 2.05) is 0 Å². The summed E-state index contributed by atoms with van der Waals surface area (Å²) in [6, 6.07) is 0. The van der Waals surface area contributed by atoms with Gasteiger partial charge in [0.15, 0.2) is 0 Å². The summed E-state index contributed by atoms with van der Waals surface area (Å²) >= 11 is 0. The molecule has 0 spiro atoms. The van der Waals surface area contributed by atoms with Crippen molar-refractivity contribution >= 4 is 0 Å². The van der Waals surface area contributed by atoms with Crippen LogP contribution in [-0.4, -0.2) is 18.0 Å². The molecule has 1 aliphatic rings. The zero-order chi connectivity index (χ0) is 11.3. The summed E-state index contributed by atoms with van der Waals surface area (Å²) in [5.41, 5.74) is 3.05. The molecule has 15 heavy (non-hydrogen) atoms. The lowest BCUT2D eigenvalue weighted by atomic mass is 9.93. The van der Waals surface area contributed by atoms with Gasteiger partial charge in [-0.15, -0.1) is 0 Å². The van der Waals surface area contributed by atoms with Crippen LogP contribution in [0.3, 0.4) is 0 Å². The minimum absolute atomic E-state index is 0.702. The molecule has 0 N–H and O–H groups in total. The van der Waals surface area contributed by atoms with Gasteiger partial charge in [0.2, 0.25) is 0 Å². The molecular weight excluding hydrogens is 182 g/mol. The lowest BCUT2D eigenvalue weighted by molar-refractivity contribution is 0.302. The van der Waals surface area contributed by atoms with Crippen LogP contribution in [0.4, 0.5) is 0 Å². The Hall–Kier alpha value is -0.720. The summed E-state index contributed by atoms with van der Waals surface area (Å²) in [6.45, 7) is 11.5.